The Labute approximate surface area is 101 Å². The molecule has 2 rings (SSSR count). The molecule has 1 heterocycles. The topological polar surface area (TPSA) is 67.6 Å². The Bertz CT molecular complexity index is 414. The third-order valence-electron chi connectivity index (χ3n) is 2.81. The second-order valence-corrected chi connectivity index (χ2v) is 3.99. The normalized spacial score (nSPS) is 15.7. The third-order valence-corrected chi connectivity index (χ3v) is 2.81. The summed E-state index contributed by atoms with van der Waals surface area (Å²) in [6, 6.07) is 5.43. The molecule has 92 valence electrons. The fourth-order valence-electron chi connectivity index (χ4n) is 1.91. The highest BCUT2D eigenvalue weighted by atomic mass is 16.5. The number of anilines is 2. The van der Waals surface area contributed by atoms with E-state index in [4.69, 9.17) is 10.5 Å². The van der Waals surface area contributed by atoms with Gasteiger partial charge in [-0.25, -0.2) is 0 Å². The van der Waals surface area contributed by atoms with Gasteiger partial charge in [-0.15, -0.1) is 0 Å². The molecule has 0 spiro atoms. The first kappa shape index (κ1) is 11.7. The van der Waals surface area contributed by atoms with Crippen LogP contribution >= 0.6 is 0 Å². The molecule has 1 aromatic rings. The molecule has 0 bridgehead atoms. The molecule has 1 aliphatic heterocycles. The second-order valence-electron chi connectivity index (χ2n) is 3.99. The zero-order chi connectivity index (χ0) is 12.3. The van der Waals surface area contributed by atoms with Gasteiger partial charge in [0.05, 0.1) is 13.2 Å². The molecule has 0 unspecified atom stereocenters. The Morgan fingerprint density at radius 2 is 2.06 bits per heavy atom. The number of nitrogen functional groups attached to an aromatic ring is 1. The number of nitrogens with one attached hydrogen (secondary N) is 1. The summed E-state index contributed by atoms with van der Waals surface area (Å²) in [4.78, 5) is 13.8. The summed E-state index contributed by atoms with van der Waals surface area (Å²) in [5.74, 6) is -0.119. The maximum absolute atomic E-state index is 11.6. The number of carbonyl (C=O) groups excluding carboxylic acids is 1. The summed E-state index contributed by atoms with van der Waals surface area (Å²) < 4.78 is 5.30. The fourth-order valence-corrected chi connectivity index (χ4v) is 1.91. The number of carbonyl (C=O) groups is 1. The van der Waals surface area contributed by atoms with Crippen LogP contribution in [0, 0.1) is 0 Å². The maximum atomic E-state index is 11.6. The molecule has 5 heteroatoms. The molecule has 3 N–H and O–H groups in total. The molecular formula is C12H17N3O2. The lowest BCUT2D eigenvalue weighted by atomic mass is 10.1. The number of nitrogens with zero attached hydrogens (tertiary/aromatic N) is 1. The van der Waals surface area contributed by atoms with E-state index in [-0.39, 0.29) is 5.91 Å². The Hall–Kier alpha value is -1.75. The van der Waals surface area contributed by atoms with Gasteiger partial charge >= 0.3 is 0 Å². The number of rotatable bonds is 2. The number of benzene rings is 1. The molecule has 0 radical (unpaired) electrons. The largest absolute Gasteiger partial charge is 0.399 e. The van der Waals surface area contributed by atoms with Crippen LogP contribution in [-0.2, 0) is 4.74 Å². The van der Waals surface area contributed by atoms with Crippen molar-refractivity contribution in [1.82, 2.24) is 5.32 Å². The maximum Gasteiger partial charge on any atom is 0.251 e. The number of amides is 1. The molecule has 1 aliphatic rings. The van der Waals surface area contributed by atoms with Crippen molar-refractivity contribution in [3.63, 3.8) is 0 Å². The van der Waals surface area contributed by atoms with Crippen LogP contribution < -0.4 is 16.0 Å². The van der Waals surface area contributed by atoms with Crippen molar-refractivity contribution in [3.05, 3.63) is 23.8 Å². The monoisotopic (exact) mass is 235 g/mol. The molecule has 0 aromatic heterocycles. The first-order valence-corrected chi connectivity index (χ1v) is 5.66. The van der Waals surface area contributed by atoms with Crippen molar-refractivity contribution in [1.29, 1.82) is 0 Å². The van der Waals surface area contributed by atoms with E-state index in [1.54, 1.807) is 13.1 Å². The lowest BCUT2D eigenvalue weighted by Crippen LogP contribution is -2.36. The van der Waals surface area contributed by atoms with Crippen LogP contribution in [0.25, 0.3) is 0 Å². The minimum absolute atomic E-state index is 0.119. The van der Waals surface area contributed by atoms with Gasteiger partial charge in [0.15, 0.2) is 0 Å². The predicted octanol–water partition coefficient (Wildman–Crippen LogP) is 0.465. The van der Waals surface area contributed by atoms with E-state index in [0.717, 1.165) is 18.8 Å². The van der Waals surface area contributed by atoms with Gasteiger partial charge in [0.1, 0.15) is 0 Å². The van der Waals surface area contributed by atoms with Crippen LogP contribution in [0.3, 0.4) is 0 Å². The van der Waals surface area contributed by atoms with Crippen LogP contribution in [0.5, 0.6) is 0 Å². The van der Waals surface area contributed by atoms with Gasteiger partial charge < -0.3 is 20.7 Å². The smallest absolute Gasteiger partial charge is 0.251 e. The number of hydrogen-bond acceptors (Lipinski definition) is 4. The van der Waals surface area contributed by atoms with E-state index < -0.39 is 0 Å². The summed E-state index contributed by atoms with van der Waals surface area (Å²) in [5, 5.41) is 2.60. The molecule has 1 saturated heterocycles. The van der Waals surface area contributed by atoms with E-state index in [1.807, 2.05) is 12.1 Å². The summed E-state index contributed by atoms with van der Waals surface area (Å²) in [6.45, 7) is 3.08. The van der Waals surface area contributed by atoms with Crippen LogP contribution in [0.4, 0.5) is 11.4 Å². The van der Waals surface area contributed by atoms with Gasteiger partial charge in [-0.05, 0) is 18.2 Å². The lowest BCUT2D eigenvalue weighted by molar-refractivity contribution is 0.0963. The van der Waals surface area contributed by atoms with Gasteiger partial charge in [0.25, 0.3) is 5.91 Å². The highest BCUT2D eigenvalue weighted by Gasteiger charge is 2.14. The van der Waals surface area contributed by atoms with Gasteiger partial charge in [-0.1, -0.05) is 0 Å². The molecule has 1 amide bonds. The molecular weight excluding hydrogens is 218 g/mol. The van der Waals surface area contributed by atoms with Gasteiger partial charge in [0.2, 0.25) is 0 Å². The number of hydrogen-bond donors (Lipinski definition) is 2. The van der Waals surface area contributed by atoms with E-state index in [1.165, 1.54) is 0 Å². The van der Waals surface area contributed by atoms with Crippen molar-refractivity contribution in [2.24, 2.45) is 0 Å². The summed E-state index contributed by atoms with van der Waals surface area (Å²) in [6.07, 6.45) is 0. The Balaban J connectivity index is 2.27. The van der Waals surface area contributed by atoms with Gasteiger partial charge in [-0.2, -0.15) is 0 Å². The van der Waals surface area contributed by atoms with Crippen molar-refractivity contribution >= 4 is 17.3 Å². The molecule has 1 fully saturated rings. The highest BCUT2D eigenvalue weighted by Crippen LogP contribution is 2.21. The van der Waals surface area contributed by atoms with E-state index >= 15 is 0 Å². The Morgan fingerprint density at radius 3 is 2.71 bits per heavy atom. The molecule has 1 aromatic carbocycles. The molecule has 17 heavy (non-hydrogen) atoms. The Morgan fingerprint density at radius 1 is 1.35 bits per heavy atom. The van der Waals surface area contributed by atoms with Crippen LogP contribution in [0.2, 0.25) is 0 Å². The van der Waals surface area contributed by atoms with Crippen LogP contribution in [0.1, 0.15) is 10.4 Å². The van der Waals surface area contributed by atoms with Crippen molar-refractivity contribution in [2.45, 2.75) is 0 Å². The van der Waals surface area contributed by atoms with Crippen molar-refractivity contribution in [2.75, 3.05) is 44.0 Å². The predicted molar refractivity (Wildman–Crippen MR) is 67.3 cm³/mol. The minimum atomic E-state index is -0.119. The summed E-state index contributed by atoms with van der Waals surface area (Å²) in [7, 11) is 1.61. The fraction of sp³-hybridized carbons (Fsp3) is 0.417. The van der Waals surface area contributed by atoms with Crippen LogP contribution in [-0.4, -0.2) is 39.3 Å². The summed E-state index contributed by atoms with van der Waals surface area (Å²) in [5.41, 5.74) is 8.00. The standard InChI is InChI=1S/C12H17N3O2/c1-14-12(16)9-6-10(13)8-11(7-9)15-2-4-17-5-3-15/h6-8H,2-5,13H2,1H3,(H,14,16). The molecule has 5 nitrogen and oxygen atoms in total. The van der Waals surface area contributed by atoms with Crippen molar-refractivity contribution in [3.8, 4) is 0 Å². The van der Waals surface area contributed by atoms with Gasteiger partial charge in [0, 0.05) is 37.1 Å². The van der Waals surface area contributed by atoms with E-state index in [0.29, 0.717) is 24.5 Å². The second kappa shape index (κ2) is 5.05. The number of ether oxygens (including phenoxy) is 1. The lowest BCUT2D eigenvalue weighted by Gasteiger charge is -2.29. The average Bonchev–Trinajstić information content (AvgIpc) is 2.38. The third kappa shape index (κ3) is 2.68. The van der Waals surface area contributed by atoms with E-state index in [2.05, 4.69) is 10.2 Å². The number of nitrogens with two attached hydrogens (primary N) is 1. The van der Waals surface area contributed by atoms with Crippen molar-refractivity contribution < 1.29 is 9.53 Å². The minimum Gasteiger partial charge on any atom is -0.399 e. The number of morpholine rings is 1. The molecule has 0 saturated carbocycles. The molecule has 0 aliphatic carbocycles. The van der Waals surface area contributed by atoms with Crippen LogP contribution in [0.15, 0.2) is 18.2 Å². The average molecular weight is 235 g/mol. The Kier molecular flexibility index (Phi) is 3.49. The first-order valence-electron chi connectivity index (χ1n) is 5.66. The highest BCUT2D eigenvalue weighted by molar-refractivity contribution is 5.96. The zero-order valence-corrected chi connectivity index (χ0v) is 9.90. The quantitative estimate of drug-likeness (QED) is 0.731. The van der Waals surface area contributed by atoms with E-state index in [9.17, 15) is 4.79 Å². The molecule has 0 atom stereocenters. The first-order chi connectivity index (χ1) is 8.20. The van der Waals surface area contributed by atoms with Gasteiger partial charge in [-0.3, -0.25) is 4.79 Å². The SMILES string of the molecule is CNC(=O)c1cc(N)cc(N2CCOCC2)c1. The summed E-state index contributed by atoms with van der Waals surface area (Å²) >= 11 is 0. The zero-order valence-electron chi connectivity index (χ0n) is 9.90.